The number of aromatic nitrogens is 2. The Bertz CT molecular complexity index is 789. The van der Waals surface area contributed by atoms with Crippen LogP contribution in [0.2, 0.25) is 0 Å². The van der Waals surface area contributed by atoms with Crippen molar-refractivity contribution in [3.05, 3.63) is 59.9 Å². The van der Waals surface area contributed by atoms with Crippen molar-refractivity contribution in [1.29, 1.82) is 0 Å². The highest BCUT2D eigenvalue weighted by Gasteiger charge is 2.04. The highest BCUT2D eigenvalue weighted by Crippen LogP contribution is 2.17. The van der Waals surface area contributed by atoms with Crippen LogP contribution in [0.1, 0.15) is 82.5 Å². The quantitative estimate of drug-likeness (QED) is 0.289. The van der Waals surface area contributed by atoms with E-state index in [9.17, 15) is 0 Å². The normalized spacial score (nSPS) is 11.2. The zero-order valence-corrected chi connectivity index (χ0v) is 18.0. The highest BCUT2D eigenvalue weighted by atomic mass is 16.5. The molecule has 0 saturated heterocycles. The van der Waals surface area contributed by atoms with E-state index in [-0.39, 0.29) is 0 Å². The molecular weight excluding hydrogens is 356 g/mol. The average Bonchev–Trinajstić information content (AvgIpc) is 3.15. The number of aromatic amines is 1. The Kier molecular flexibility index (Phi) is 9.09. The maximum absolute atomic E-state index is 5.91. The molecule has 0 saturated carbocycles. The molecule has 0 bridgehead atoms. The molecule has 0 aliphatic rings. The summed E-state index contributed by atoms with van der Waals surface area (Å²) >= 11 is 0. The molecule has 156 valence electrons. The van der Waals surface area contributed by atoms with Crippen LogP contribution in [0.5, 0.6) is 5.75 Å². The van der Waals surface area contributed by atoms with Gasteiger partial charge in [-0.1, -0.05) is 89.0 Å². The van der Waals surface area contributed by atoms with Gasteiger partial charge in [-0.05, 0) is 36.2 Å². The Morgan fingerprint density at radius 3 is 2.10 bits per heavy atom. The van der Waals surface area contributed by atoms with Crippen molar-refractivity contribution in [2.75, 3.05) is 6.61 Å². The molecule has 3 heteroatoms. The van der Waals surface area contributed by atoms with Crippen LogP contribution < -0.4 is 4.74 Å². The molecule has 3 nitrogen and oxygen atoms in total. The van der Waals surface area contributed by atoms with Crippen LogP contribution >= 0.6 is 0 Å². The van der Waals surface area contributed by atoms with Crippen LogP contribution in [0.25, 0.3) is 11.0 Å². The van der Waals surface area contributed by atoms with Gasteiger partial charge in [-0.3, -0.25) is 0 Å². The SMILES string of the molecule is CCCCCCCCCCCCOc1ccc(Cc2nc3ccccc3[nH]2)cc1. The smallest absolute Gasteiger partial charge is 0.119 e. The standard InChI is InChI=1S/C26H36N2O/c1-2-3-4-5-6-7-8-9-10-13-20-29-23-18-16-22(17-19-23)21-26-27-24-14-11-12-15-25(24)28-26/h11-12,14-19H,2-10,13,20-21H2,1H3,(H,27,28). The van der Waals surface area contributed by atoms with Crippen LogP contribution in [0, 0.1) is 0 Å². The van der Waals surface area contributed by atoms with Gasteiger partial charge in [0.2, 0.25) is 0 Å². The van der Waals surface area contributed by atoms with E-state index in [0.717, 1.165) is 42.1 Å². The largest absolute Gasteiger partial charge is 0.494 e. The molecule has 29 heavy (non-hydrogen) atoms. The fraction of sp³-hybridized carbons (Fsp3) is 0.500. The summed E-state index contributed by atoms with van der Waals surface area (Å²) in [5.74, 6) is 1.97. The molecule has 0 fully saturated rings. The molecule has 0 spiro atoms. The first-order chi connectivity index (χ1) is 14.3. The molecule has 0 amide bonds. The van der Waals surface area contributed by atoms with Crippen molar-refractivity contribution < 1.29 is 4.74 Å². The fourth-order valence-corrected chi connectivity index (χ4v) is 3.77. The first-order valence-electron chi connectivity index (χ1n) is 11.5. The maximum atomic E-state index is 5.91. The molecule has 0 unspecified atom stereocenters. The first-order valence-corrected chi connectivity index (χ1v) is 11.5. The molecule has 0 aliphatic carbocycles. The molecule has 0 aliphatic heterocycles. The summed E-state index contributed by atoms with van der Waals surface area (Å²) in [4.78, 5) is 8.04. The molecule has 0 radical (unpaired) electrons. The summed E-state index contributed by atoms with van der Waals surface area (Å²) in [6, 6.07) is 16.6. The Labute approximate surface area is 175 Å². The molecular formula is C26H36N2O. The molecule has 1 N–H and O–H groups in total. The third-order valence-corrected chi connectivity index (χ3v) is 5.50. The molecule has 3 aromatic rings. The average molecular weight is 393 g/mol. The predicted molar refractivity (Wildman–Crippen MR) is 123 cm³/mol. The number of hydrogen-bond donors (Lipinski definition) is 1. The summed E-state index contributed by atoms with van der Waals surface area (Å²) in [6.07, 6.45) is 14.3. The van der Waals surface area contributed by atoms with Crippen LogP contribution in [-0.2, 0) is 6.42 Å². The number of fused-ring (bicyclic) bond motifs is 1. The molecule has 1 aromatic heterocycles. The number of benzene rings is 2. The summed E-state index contributed by atoms with van der Waals surface area (Å²) < 4.78 is 5.91. The van der Waals surface area contributed by atoms with Crippen LogP contribution in [0.15, 0.2) is 48.5 Å². The minimum absolute atomic E-state index is 0.813. The lowest BCUT2D eigenvalue weighted by Gasteiger charge is -2.07. The maximum Gasteiger partial charge on any atom is 0.119 e. The van der Waals surface area contributed by atoms with E-state index in [0.29, 0.717) is 0 Å². The number of para-hydroxylation sites is 2. The number of H-pyrrole nitrogens is 1. The highest BCUT2D eigenvalue weighted by molar-refractivity contribution is 5.74. The molecule has 2 aromatic carbocycles. The van der Waals surface area contributed by atoms with Crippen molar-refractivity contribution in [3.8, 4) is 5.75 Å². The number of rotatable bonds is 14. The second-order valence-electron chi connectivity index (χ2n) is 8.05. The Morgan fingerprint density at radius 1 is 0.759 bits per heavy atom. The number of hydrogen-bond acceptors (Lipinski definition) is 2. The van der Waals surface area contributed by atoms with E-state index in [1.165, 1.54) is 63.4 Å². The zero-order valence-electron chi connectivity index (χ0n) is 18.0. The van der Waals surface area contributed by atoms with Gasteiger partial charge in [0.25, 0.3) is 0 Å². The number of imidazole rings is 1. The number of nitrogens with one attached hydrogen (secondary N) is 1. The van der Waals surface area contributed by atoms with Crippen molar-refractivity contribution in [2.45, 2.75) is 77.6 Å². The van der Waals surface area contributed by atoms with Gasteiger partial charge in [0.15, 0.2) is 0 Å². The minimum atomic E-state index is 0.813. The van der Waals surface area contributed by atoms with Crippen molar-refractivity contribution in [3.63, 3.8) is 0 Å². The van der Waals surface area contributed by atoms with Crippen LogP contribution in [0.3, 0.4) is 0 Å². The van der Waals surface area contributed by atoms with Gasteiger partial charge in [-0.25, -0.2) is 4.98 Å². The Morgan fingerprint density at radius 2 is 1.41 bits per heavy atom. The monoisotopic (exact) mass is 392 g/mol. The van der Waals surface area contributed by atoms with E-state index in [1.807, 2.05) is 18.2 Å². The van der Waals surface area contributed by atoms with Gasteiger partial charge < -0.3 is 9.72 Å². The van der Waals surface area contributed by atoms with Gasteiger partial charge in [-0.15, -0.1) is 0 Å². The Hall–Kier alpha value is -2.29. The van der Waals surface area contributed by atoms with Crippen LogP contribution in [-0.4, -0.2) is 16.6 Å². The van der Waals surface area contributed by atoms with Gasteiger partial charge in [0, 0.05) is 6.42 Å². The first kappa shape index (κ1) is 21.4. The van der Waals surface area contributed by atoms with Gasteiger partial charge in [0.1, 0.15) is 11.6 Å². The summed E-state index contributed by atoms with van der Waals surface area (Å²) in [6.45, 7) is 3.10. The van der Waals surface area contributed by atoms with Gasteiger partial charge in [-0.2, -0.15) is 0 Å². The molecule has 3 rings (SSSR count). The van der Waals surface area contributed by atoms with Crippen molar-refractivity contribution >= 4 is 11.0 Å². The summed E-state index contributed by atoms with van der Waals surface area (Å²) in [7, 11) is 0. The van der Waals surface area contributed by atoms with Gasteiger partial charge >= 0.3 is 0 Å². The Balaban J connectivity index is 1.28. The zero-order chi connectivity index (χ0) is 20.2. The van der Waals surface area contributed by atoms with E-state index in [1.54, 1.807) is 0 Å². The lowest BCUT2D eigenvalue weighted by Crippen LogP contribution is -1.98. The summed E-state index contributed by atoms with van der Waals surface area (Å²) in [5.41, 5.74) is 3.37. The van der Waals surface area contributed by atoms with E-state index < -0.39 is 0 Å². The third kappa shape index (κ3) is 7.56. The van der Waals surface area contributed by atoms with Gasteiger partial charge in [0.05, 0.1) is 17.6 Å². The predicted octanol–water partition coefficient (Wildman–Crippen LogP) is 7.45. The second kappa shape index (κ2) is 12.3. The van der Waals surface area contributed by atoms with E-state index >= 15 is 0 Å². The molecule has 0 atom stereocenters. The number of nitrogens with zero attached hydrogens (tertiary/aromatic N) is 1. The second-order valence-corrected chi connectivity index (χ2v) is 8.05. The lowest BCUT2D eigenvalue weighted by atomic mass is 10.1. The van der Waals surface area contributed by atoms with Crippen LogP contribution in [0.4, 0.5) is 0 Å². The van der Waals surface area contributed by atoms with E-state index in [2.05, 4.69) is 47.2 Å². The topological polar surface area (TPSA) is 37.9 Å². The number of ether oxygens (including phenoxy) is 1. The van der Waals surface area contributed by atoms with E-state index in [4.69, 9.17) is 4.74 Å². The summed E-state index contributed by atoms with van der Waals surface area (Å²) in [5, 5.41) is 0. The van der Waals surface area contributed by atoms with Crippen molar-refractivity contribution in [2.24, 2.45) is 0 Å². The molecule has 1 heterocycles. The fourth-order valence-electron chi connectivity index (χ4n) is 3.77. The number of unbranched alkanes of at least 4 members (excludes halogenated alkanes) is 9. The van der Waals surface area contributed by atoms with Crippen molar-refractivity contribution in [1.82, 2.24) is 9.97 Å². The lowest BCUT2D eigenvalue weighted by molar-refractivity contribution is 0.304. The third-order valence-electron chi connectivity index (χ3n) is 5.50. The minimum Gasteiger partial charge on any atom is -0.494 e.